The topological polar surface area (TPSA) is 59.4 Å². The molecule has 0 saturated carbocycles. The summed E-state index contributed by atoms with van der Waals surface area (Å²) >= 11 is 3.36. The highest BCUT2D eigenvalue weighted by atomic mass is 79.9. The molecule has 2 aromatic rings. The Morgan fingerprint density at radius 2 is 2.05 bits per heavy atom. The molecular weight excluding hydrogens is 348 g/mol. The predicted molar refractivity (Wildman–Crippen MR) is 88.9 cm³/mol. The standard InChI is InChI=1S/C15H19BrN4O2/c1-19(2)10-3-11-22-20-14(8-9-17-20)15(21)18-13-6-4-12(16)5-7-13/h4-9H,3,10-11H2,1-2H3,(H,18,21). The Morgan fingerprint density at radius 3 is 2.73 bits per heavy atom. The van der Waals surface area contributed by atoms with Crippen LogP contribution in [0, 0.1) is 0 Å². The molecule has 2 rings (SSSR count). The molecule has 1 heterocycles. The Morgan fingerprint density at radius 1 is 1.32 bits per heavy atom. The Kier molecular flexibility index (Phi) is 5.97. The number of rotatable bonds is 7. The van der Waals surface area contributed by atoms with Crippen LogP contribution in [0.3, 0.4) is 0 Å². The zero-order valence-corrected chi connectivity index (χ0v) is 14.2. The first-order valence-electron chi connectivity index (χ1n) is 6.95. The van der Waals surface area contributed by atoms with E-state index in [4.69, 9.17) is 4.84 Å². The van der Waals surface area contributed by atoms with Gasteiger partial charge >= 0.3 is 0 Å². The largest absolute Gasteiger partial charge is 0.396 e. The lowest BCUT2D eigenvalue weighted by atomic mass is 10.3. The van der Waals surface area contributed by atoms with Crippen LogP contribution in [-0.4, -0.2) is 48.0 Å². The molecule has 0 spiro atoms. The van der Waals surface area contributed by atoms with Gasteiger partial charge in [0.25, 0.3) is 5.91 Å². The second-order valence-electron chi connectivity index (χ2n) is 5.04. The van der Waals surface area contributed by atoms with Crippen LogP contribution in [0.1, 0.15) is 16.9 Å². The number of benzene rings is 1. The van der Waals surface area contributed by atoms with Gasteiger partial charge in [-0.25, -0.2) is 0 Å². The molecular formula is C15H19BrN4O2. The van der Waals surface area contributed by atoms with Crippen molar-refractivity contribution in [1.82, 2.24) is 14.8 Å². The van der Waals surface area contributed by atoms with E-state index >= 15 is 0 Å². The van der Waals surface area contributed by atoms with Crippen LogP contribution >= 0.6 is 15.9 Å². The van der Waals surface area contributed by atoms with Crippen molar-refractivity contribution in [2.45, 2.75) is 6.42 Å². The summed E-state index contributed by atoms with van der Waals surface area (Å²) in [6, 6.07) is 9.00. The van der Waals surface area contributed by atoms with Crippen molar-refractivity contribution in [2.24, 2.45) is 0 Å². The van der Waals surface area contributed by atoms with Gasteiger partial charge in [-0.05, 0) is 50.8 Å². The van der Waals surface area contributed by atoms with Crippen molar-refractivity contribution >= 4 is 27.5 Å². The molecule has 1 aromatic heterocycles. The Balaban J connectivity index is 1.93. The quantitative estimate of drug-likeness (QED) is 0.763. The first kappa shape index (κ1) is 16.5. The van der Waals surface area contributed by atoms with Gasteiger partial charge in [0.2, 0.25) is 0 Å². The van der Waals surface area contributed by atoms with E-state index in [0.29, 0.717) is 18.0 Å². The van der Waals surface area contributed by atoms with Crippen molar-refractivity contribution in [3.05, 3.63) is 46.7 Å². The van der Waals surface area contributed by atoms with Crippen molar-refractivity contribution in [3.63, 3.8) is 0 Å². The summed E-state index contributed by atoms with van der Waals surface area (Å²) in [4.78, 5) is 21.1. The summed E-state index contributed by atoms with van der Waals surface area (Å²) in [5, 5.41) is 6.83. The van der Waals surface area contributed by atoms with Crippen molar-refractivity contribution in [3.8, 4) is 0 Å². The lowest BCUT2D eigenvalue weighted by molar-refractivity contribution is 0.0665. The number of nitrogens with zero attached hydrogens (tertiary/aromatic N) is 3. The van der Waals surface area contributed by atoms with Gasteiger partial charge in [0.15, 0.2) is 5.69 Å². The van der Waals surface area contributed by atoms with Crippen LogP contribution in [0.5, 0.6) is 0 Å². The molecule has 7 heteroatoms. The number of aromatic nitrogens is 2. The number of nitrogens with one attached hydrogen (secondary N) is 1. The third-order valence-corrected chi connectivity index (χ3v) is 3.44. The van der Waals surface area contributed by atoms with Crippen molar-refractivity contribution in [2.75, 3.05) is 32.6 Å². The summed E-state index contributed by atoms with van der Waals surface area (Å²) in [5.41, 5.74) is 1.08. The number of halogens is 1. The van der Waals surface area contributed by atoms with Gasteiger partial charge in [0, 0.05) is 16.7 Å². The second kappa shape index (κ2) is 7.95. The molecule has 118 valence electrons. The molecule has 0 atom stereocenters. The molecule has 0 radical (unpaired) electrons. The fourth-order valence-electron chi connectivity index (χ4n) is 1.82. The Bertz CT molecular complexity index is 610. The zero-order chi connectivity index (χ0) is 15.9. The van der Waals surface area contributed by atoms with E-state index in [-0.39, 0.29) is 5.91 Å². The molecule has 0 aliphatic heterocycles. The van der Waals surface area contributed by atoms with E-state index in [0.717, 1.165) is 17.4 Å². The molecule has 0 bridgehead atoms. The summed E-state index contributed by atoms with van der Waals surface area (Å²) in [6.07, 6.45) is 2.41. The van der Waals surface area contributed by atoms with Crippen molar-refractivity contribution in [1.29, 1.82) is 0 Å². The highest BCUT2D eigenvalue weighted by molar-refractivity contribution is 9.10. The highest BCUT2D eigenvalue weighted by Crippen LogP contribution is 2.14. The van der Waals surface area contributed by atoms with Gasteiger partial charge in [0.05, 0.1) is 6.20 Å². The van der Waals surface area contributed by atoms with Gasteiger partial charge in [-0.1, -0.05) is 20.8 Å². The maximum absolute atomic E-state index is 12.2. The normalized spacial score (nSPS) is 10.7. The van der Waals surface area contributed by atoms with Crippen LogP contribution in [0.2, 0.25) is 0 Å². The molecule has 22 heavy (non-hydrogen) atoms. The van der Waals surface area contributed by atoms with Crippen LogP contribution in [-0.2, 0) is 0 Å². The van der Waals surface area contributed by atoms with Crippen molar-refractivity contribution < 1.29 is 9.63 Å². The van der Waals surface area contributed by atoms with E-state index < -0.39 is 0 Å². The molecule has 0 saturated heterocycles. The Hall–Kier alpha value is -1.86. The minimum atomic E-state index is -0.257. The molecule has 1 amide bonds. The van der Waals surface area contributed by atoms with Crippen LogP contribution in [0.4, 0.5) is 5.69 Å². The van der Waals surface area contributed by atoms with Crippen LogP contribution in [0.25, 0.3) is 0 Å². The monoisotopic (exact) mass is 366 g/mol. The van der Waals surface area contributed by atoms with E-state index in [1.165, 1.54) is 4.85 Å². The lowest BCUT2D eigenvalue weighted by Crippen LogP contribution is -2.25. The number of carbonyl (C=O) groups is 1. The average Bonchev–Trinajstić information content (AvgIpc) is 2.94. The number of hydrogen-bond acceptors (Lipinski definition) is 4. The van der Waals surface area contributed by atoms with Crippen LogP contribution < -0.4 is 10.2 Å². The third kappa shape index (κ3) is 4.85. The predicted octanol–water partition coefficient (Wildman–Crippen LogP) is 2.28. The maximum atomic E-state index is 12.2. The molecule has 1 N–H and O–H groups in total. The van der Waals surface area contributed by atoms with E-state index in [9.17, 15) is 4.79 Å². The fraction of sp³-hybridized carbons (Fsp3) is 0.333. The summed E-state index contributed by atoms with van der Waals surface area (Å²) in [7, 11) is 4.01. The third-order valence-electron chi connectivity index (χ3n) is 2.91. The average molecular weight is 367 g/mol. The van der Waals surface area contributed by atoms with Gasteiger partial charge in [-0.3, -0.25) is 4.79 Å². The minimum Gasteiger partial charge on any atom is -0.396 e. The molecule has 0 fully saturated rings. The SMILES string of the molecule is CN(C)CCCOn1nccc1C(=O)Nc1ccc(Br)cc1. The number of anilines is 1. The van der Waals surface area contributed by atoms with Gasteiger partial charge in [-0.2, -0.15) is 0 Å². The Labute approximate surface area is 138 Å². The summed E-state index contributed by atoms with van der Waals surface area (Å²) in [5.74, 6) is -0.257. The first-order valence-corrected chi connectivity index (χ1v) is 7.74. The number of hydrogen-bond donors (Lipinski definition) is 1. The zero-order valence-electron chi connectivity index (χ0n) is 12.6. The number of amides is 1. The molecule has 0 unspecified atom stereocenters. The van der Waals surface area contributed by atoms with E-state index in [1.54, 1.807) is 12.3 Å². The van der Waals surface area contributed by atoms with E-state index in [1.807, 2.05) is 38.4 Å². The van der Waals surface area contributed by atoms with Gasteiger partial charge in [0.1, 0.15) is 6.61 Å². The molecule has 0 aliphatic carbocycles. The molecule has 6 nitrogen and oxygen atoms in total. The molecule has 0 aliphatic rings. The summed E-state index contributed by atoms with van der Waals surface area (Å²) in [6.45, 7) is 1.42. The maximum Gasteiger partial charge on any atom is 0.277 e. The van der Waals surface area contributed by atoms with Crippen LogP contribution in [0.15, 0.2) is 41.0 Å². The fourth-order valence-corrected chi connectivity index (χ4v) is 2.08. The van der Waals surface area contributed by atoms with E-state index in [2.05, 4.69) is 31.2 Å². The number of carbonyl (C=O) groups excluding carboxylic acids is 1. The van der Waals surface area contributed by atoms with Gasteiger partial charge in [-0.15, -0.1) is 5.10 Å². The van der Waals surface area contributed by atoms with Gasteiger partial charge < -0.3 is 15.1 Å². The lowest BCUT2D eigenvalue weighted by Gasteiger charge is -2.11. The first-order chi connectivity index (χ1) is 10.6. The highest BCUT2D eigenvalue weighted by Gasteiger charge is 2.13. The molecule has 1 aromatic carbocycles. The smallest absolute Gasteiger partial charge is 0.277 e. The summed E-state index contributed by atoms with van der Waals surface area (Å²) < 4.78 is 0.958. The second-order valence-corrected chi connectivity index (χ2v) is 5.96. The minimum absolute atomic E-state index is 0.257.